The molecular formula is C31H36F3N3O5S. The Morgan fingerprint density at radius 1 is 0.977 bits per heavy atom. The van der Waals surface area contributed by atoms with Crippen LogP contribution in [0.25, 0.3) is 0 Å². The fraction of sp³-hybridized carbons (Fsp3) is 0.355. The van der Waals surface area contributed by atoms with Crippen LogP contribution in [0.5, 0.6) is 5.75 Å². The number of amides is 2. The molecule has 12 heteroatoms. The molecule has 232 valence electrons. The van der Waals surface area contributed by atoms with E-state index in [2.05, 4.69) is 5.32 Å². The van der Waals surface area contributed by atoms with E-state index in [-0.39, 0.29) is 23.2 Å². The second kappa shape index (κ2) is 13.9. The smallest absolute Gasteiger partial charge is 0.416 e. The number of hydrogen-bond acceptors (Lipinski definition) is 5. The zero-order valence-corrected chi connectivity index (χ0v) is 25.5. The maximum Gasteiger partial charge on any atom is 0.416 e. The Labute approximate surface area is 250 Å². The number of nitrogens with zero attached hydrogens (tertiary/aromatic N) is 2. The van der Waals surface area contributed by atoms with Crippen LogP contribution in [0.4, 0.5) is 18.9 Å². The zero-order valence-electron chi connectivity index (χ0n) is 24.7. The third-order valence-corrected chi connectivity index (χ3v) is 8.82. The van der Waals surface area contributed by atoms with Crippen LogP contribution in [0, 0.1) is 6.92 Å². The fourth-order valence-corrected chi connectivity index (χ4v) is 5.59. The van der Waals surface area contributed by atoms with Crippen molar-refractivity contribution >= 4 is 27.5 Å². The minimum absolute atomic E-state index is 0.0705. The summed E-state index contributed by atoms with van der Waals surface area (Å²) in [4.78, 5) is 28.1. The molecule has 0 aliphatic rings. The van der Waals surface area contributed by atoms with E-state index in [0.717, 1.165) is 17.7 Å². The SMILES string of the molecule is CC[C@H](C)NC(=O)[C@H](C)N(Cc1ccc(OC)cc1)C(=O)CN(c1cccc(C(F)(F)F)c1)S(=O)(=O)c1ccc(C)cc1. The second-order valence-electron chi connectivity index (χ2n) is 10.2. The van der Waals surface area contributed by atoms with Crippen molar-refractivity contribution in [1.29, 1.82) is 0 Å². The number of halogens is 3. The van der Waals surface area contributed by atoms with Crippen molar-refractivity contribution in [2.24, 2.45) is 0 Å². The highest BCUT2D eigenvalue weighted by Gasteiger charge is 2.35. The summed E-state index contributed by atoms with van der Waals surface area (Å²) in [6, 6.07) is 15.1. The number of methoxy groups -OCH3 is 1. The third-order valence-electron chi connectivity index (χ3n) is 7.03. The highest BCUT2D eigenvalue weighted by atomic mass is 32.2. The van der Waals surface area contributed by atoms with Gasteiger partial charge in [-0.2, -0.15) is 13.2 Å². The van der Waals surface area contributed by atoms with Gasteiger partial charge in [-0.3, -0.25) is 13.9 Å². The van der Waals surface area contributed by atoms with E-state index in [1.54, 1.807) is 43.3 Å². The van der Waals surface area contributed by atoms with Crippen molar-refractivity contribution in [2.75, 3.05) is 18.0 Å². The molecule has 0 spiro atoms. The van der Waals surface area contributed by atoms with E-state index in [9.17, 15) is 31.2 Å². The van der Waals surface area contributed by atoms with Gasteiger partial charge < -0.3 is 15.0 Å². The first-order valence-corrected chi connectivity index (χ1v) is 15.1. The van der Waals surface area contributed by atoms with Gasteiger partial charge in [-0.1, -0.05) is 42.8 Å². The number of carbonyl (C=O) groups excluding carboxylic acids is 2. The Balaban J connectivity index is 2.08. The number of sulfonamides is 1. The van der Waals surface area contributed by atoms with Crippen LogP contribution in [0.3, 0.4) is 0 Å². The molecule has 0 saturated carbocycles. The first-order chi connectivity index (χ1) is 20.2. The van der Waals surface area contributed by atoms with Gasteiger partial charge in [-0.25, -0.2) is 8.42 Å². The monoisotopic (exact) mass is 619 g/mol. The normalized spacial score (nSPS) is 13.1. The highest BCUT2D eigenvalue weighted by molar-refractivity contribution is 7.92. The van der Waals surface area contributed by atoms with Gasteiger partial charge in [0, 0.05) is 12.6 Å². The molecule has 0 radical (unpaired) electrons. The summed E-state index contributed by atoms with van der Waals surface area (Å²) in [5.74, 6) is -0.664. The molecule has 0 saturated heterocycles. The molecule has 2 amide bonds. The quantitative estimate of drug-likeness (QED) is 0.287. The van der Waals surface area contributed by atoms with Crippen LogP contribution in [0.1, 0.15) is 43.9 Å². The van der Waals surface area contributed by atoms with Crippen LogP contribution < -0.4 is 14.4 Å². The van der Waals surface area contributed by atoms with E-state index >= 15 is 0 Å². The first-order valence-electron chi connectivity index (χ1n) is 13.7. The van der Waals surface area contributed by atoms with Crippen LogP contribution in [0.2, 0.25) is 0 Å². The topological polar surface area (TPSA) is 96.0 Å². The van der Waals surface area contributed by atoms with Crippen molar-refractivity contribution in [3.05, 3.63) is 89.5 Å². The predicted octanol–water partition coefficient (Wildman–Crippen LogP) is 5.55. The number of rotatable bonds is 12. The largest absolute Gasteiger partial charge is 0.497 e. The Morgan fingerprint density at radius 2 is 1.60 bits per heavy atom. The molecule has 3 aromatic carbocycles. The standard InChI is InChI=1S/C31H36F3N3O5S/c1-6-22(3)35-30(39)23(4)36(19-24-12-14-27(42-5)15-13-24)29(38)20-37(26-9-7-8-25(18-26)31(32,33)34)43(40,41)28-16-10-21(2)11-17-28/h7-18,22-23H,6,19-20H2,1-5H3,(H,35,39)/t22-,23-/m0/s1. The third kappa shape index (κ3) is 8.50. The molecule has 0 unspecified atom stereocenters. The van der Waals surface area contributed by atoms with Gasteiger partial charge in [0.25, 0.3) is 10.0 Å². The zero-order chi connectivity index (χ0) is 31.9. The average Bonchev–Trinajstić information content (AvgIpc) is 2.98. The lowest BCUT2D eigenvalue weighted by atomic mass is 10.1. The van der Waals surface area contributed by atoms with Crippen molar-refractivity contribution in [3.8, 4) is 5.75 Å². The number of alkyl halides is 3. The molecule has 8 nitrogen and oxygen atoms in total. The molecule has 0 aliphatic carbocycles. The summed E-state index contributed by atoms with van der Waals surface area (Å²) >= 11 is 0. The van der Waals surface area contributed by atoms with Crippen molar-refractivity contribution in [1.82, 2.24) is 10.2 Å². The van der Waals surface area contributed by atoms with Crippen molar-refractivity contribution < 1.29 is 35.9 Å². The van der Waals surface area contributed by atoms with E-state index in [0.29, 0.717) is 28.1 Å². The molecule has 2 atom stereocenters. The van der Waals surface area contributed by atoms with Gasteiger partial charge in [-0.15, -0.1) is 0 Å². The molecule has 1 N–H and O–H groups in total. The number of nitrogens with one attached hydrogen (secondary N) is 1. The van der Waals surface area contributed by atoms with Crippen LogP contribution in [-0.4, -0.2) is 50.9 Å². The van der Waals surface area contributed by atoms with E-state index in [1.165, 1.54) is 37.1 Å². The van der Waals surface area contributed by atoms with Crippen molar-refractivity contribution in [2.45, 2.75) is 63.8 Å². The summed E-state index contributed by atoms with van der Waals surface area (Å²) < 4.78 is 74.4. The van der Waals surface area contributed by atoms with Crippen molar-refractivity contribution in [3.63, 3.8) is 0 Å². The highest BCUT2D eigenvalue weighted by Crippen LogP contribution is 2.33. The van der Waals surface area contributed by atoms with Gasteiger partial charge in [0.15, 0.2) is 0 Å². The first kappa shape index (κ1) is 33.4. The Hall–Kier alpha value is -4.06. The van der Waals surface area contributed by atoms with Crippen LogP contribution >= 0.6 is 0 Å². The van der Waals surface area contributed by atoms with Gasteiger partial charge in [-0.05, 0) is 75.2 Å². The molecule has 0 bridgehead atoms. The number of ether oxygens (including phenoxy) is 1. The molecule has 0 heterocycles. The second-order valence-corrected chi connectivity index (χ2v) is 12.1. The van der Waals surface area contributed by atoms with E-state index in [1.807, 2.05) is 13.8 Å². The molecular weight excluding hydrogens is 583 g/mol. The number of anilines is 1. The molecule has 3 rings (SSSR count). The predicted molar refractivity (Wildman–Crippen MR) is 158 cm³/mol. The number of hydrogen-bond donors (Lipinski definition) is 1. The Morgan fingerprint density at radius 3 is 2.16 bits per heavy atom. The van der Waals surface area contributed by atoms with Gasteiger partial charge in [0.1, 0.15) is 18.3 Å². The summed E-state index contributed by atoms with van der Waals surface area (Å²) in [5, 5.41) is 2.83. The average molecular weight is 620 g/mol. The molecule has 3 aromatic rings. The van der Waals surface area contributed by atoms with E-state index in [4.69, 9.17) is 4.74 Å². The fourth-order valence-electron chi connectivity index (χ4n) is 4.18. The molecule has 0 fully saturated rings. The van der Waals surface area contributed by atoms with Crippen LogP contribution in [-0.2, 0) is 32.3 Å². The lowest BCUT2D eigenvalue weighted by molar-refractivity contribution is -0.139. The number of benzene rings is 3. The lowest BCUT2D eigenvalue weighted by Gasteiger charge is -2.32. The minimum atomic E-state index is -4.75. The Kier molecular flexibility index (Phi) is 10.8. The minimum Gasteiger partial charge on any atom is -0.497 e. The number of carbonyl (C=O) groups is 2. The summed E-state index contributed by atoms with van der Waals surface area (Å²) in [6.45, 7) is 6.05. The summed E-state index contributed by atoms with van der Waals surface area (Å²) in [7, 11) is -3.01. The van der Waals surface area contributed by atoms with E-state index < -0.39 is 46.2 Å². The molecule has 0 aliphatic heterocycles. The molecule has 0 aromatic heterocycles. The summed E-state index contributed by atoms with van der Waals surface area (Å²) in [5.41, 5.74) is -0.0143. The van der Waals surface area contributed by atoms with Gasteiger partial charge in [0.2, 0.25) is 11.8 Å². The maximum atomic E-state index is 14.0. The number of aryl methyl sites for hydroxylation is 1. The van der Waals surface area contributed by atoms with Crippen LogP contribution in [0.15, 0.2) is 77.7 Å². The molecule has 43 heavy (non-hydrogen) atoms. The lowest BCUT2D eigenvalue weighted by Crippen LogP contribution is -2.52. The maximum absolute atomic E-state index is 14.0. The summed E-state index contributed by atoms with van der Waals surface area (Å²) in [6.07, 6.45) is -4.11. The Bertz CT molecular complexity index is 1510. The van der Waals surface area contributed by atoms with Gasteiger partial charge >= 0.3 is 6.18 Å². The van der Waals surface area contributed by atoms with Gasteiger partial charge in [0.05, 0.1) is 23.3 Å².